The summed E-state index contributed by atoms with van der Waals surface area (Å²) in [5.74, 6) is 0.999. The predicted molar refractivity (Wildman–Crippen MR) is 75.6 cm³/mol. The molecule has 2 aromatic carbocycles. The fraction of sp³-hybridized carbons (Fsp3) is 0.125. The Bertz CT molecular complexity index is 616. The first-order valence-corrected chi connectivity index (χ1v) is 6.05. The summed E-state index contributed by atoms with van der Waals surface area (Å²) in [6.45, 7) is 4.95. The quantitative estimate of drug-likeness (QED) is 0.722. The Morgan fingerprint density at radius 3 is 2.78 bits per heavy atom. The van der Waals surface area contributed by atoms with Crippen LogP contribution in [0.4, 0.5) is 0 Å². The Kier molecular flexibility index (Phi) is 2.71. The van der Waals surface area contributed by atoms with E-state index in [2.05, 4.69) is 18.7 Å². The van der Waals surface area contributed by atoms with E-state index < -0.39 is 0 Å². The lowest BCUT2D eigenvalue weighted by Gasteiger charge is -2.09. The van der Waals surface area contributed by atoms with E-state index in [0.717, 1.165) is 40.9 Å². The first kappa shape index (κ1) is 11.2. The van der Waals surface area contributed by atoms with Crippen molar-refractivity contribution in [3.63, 3.8) is 0 Å². The molecule has 0 amide bonds. The van der Waals surface area contributed by atoms with Gasteiger partial charge in [0.2, 0.25) is 0 Å². The molecule has 1 aliphatic rings. The van der Waals surface area contributed by atoms with Gasteiger partial charge in [0.1, 0.15) is 13.6 Å². The number of hydrogen-bond acceptors (Lipinski definition) is 1. The topological polar surface area (TPSA) is 9.23 Å². The van der Waals surface area contributed by atoms with Crippen LogP contribution in [0.15, 0.2) is 49.0 Å². The summed E-state index contributed by atoms with van der Waals surface area (Å²) in [5.41, 5.74) is 5.21. The zero-order valence-corrected chi connectivity index (χ0v) is 10.1. The Morgan fingerprint density at radius 2 is 1.94 bits per heavy atom. The summed E-state index contributed by atoms with van der Waals surface area (Å²) >= 11 is 0. The van der Waals surface area contributed by atoms with Gasteiger partial charge in [-0.05, 0) is 34.4 Å². The molecule has 2 heteroatoms. The van der Waals surface area contributed by atoms with Crippen LogP contribution in [0.2, 0.25) is 0 Å². The number of ether oxygens (including phenoxy) is 1. The van der Waals surface area contributed by atoms with Crippen LogP contribution in [-0.4, -0.2) is 14.5 Å². The fourth-order valence-corrected chi connectivity index (χ4v) is 2.27. The van der Waals surface area contributed by atoms with E-state index in [4.69, 9.17) is 12.6 Å². The Labute approximate surface area is 109 Å². The molecule has 0 aromatic heterocycles. The summed E-state index contributed by atoms with van der Waals surface area (Å²) in [6.07, 6.45) is 0.980. The van der Waals surface area contributed by atoms with Crippen molar-refractivity contribution in [2.75, 3.05) is 6.61 Å². The lowest BCUT2D eigenvalue weighted by molar-refractivity contribution is 0.357. The first-order valence-electron chi connectivity index (χ1n) is 6.05. The number of benzene rings is 2. The van der Waals surface area contributed by atoms with Crippen molar-refractivity contribution in [1.82, 2.24) is 0 Å². The molecule has 86 valence electrons. The van der Waals surface area contributed by atoms with Crippen molar-refractivity contribution in [3.05, 3.63) is 65.7 Å². The smallest absolute Gasteiger partial charge is 0.122 e. The van der Waals surface area contributed by atoms with Crippen LogP contribution >= 0.6 is 0 Å². The van der Waals surface area contributed by atoms with E-state index in [9.17, 15) is 0 Å². The second-order valence-corrected chi connectivity index (χ2v) is 4.52. The third-order valence-corrected chi connectivity index (χ3v) is 3.27. The largest absolute Gasteiger partial charge is 0.493 e. The molecule has 0 N–H and O–H groups in total. The zero-order chi connectivity index (χ0) is 12.5. The van der Waals surface area contributed by atoms with Gasteiger partial charge in [0, 0.05) is 6.42 Å². The van der Waals surface area contributed by atoms with Gasteiger partial charge in [0.05, 0.1) is 6.61 Å². The molecule has 0 saturated carbocycles. The summed E-state index contributed by atoms with van der Waals surface area (Å²) in [6, 6.07) is 14.0. The Hall–Kier alpha value is -1.96. The van der Waals surface area contributed by atoms with Crippen LogP contribution in [0.1, 0.15) is 16.7 Å². The van der Waals surface area contributed by atoms with E-state index in [1.54, 1.807) is 0 Å². The monoisotopic (exact) mass is 232 g/mol. The van der Waals surface area contributed by atoms with Crippen molar-refractivity contribution >= 4 is 18.9 Å². The second-order valence-electron chi connectivity index (χ2n) is 4.52. The first-order chi connectivity index (χ1) is 8.74. The molecular weight excluding hydrogens is 219 g/mol. The highest BCUT2D eigenvalue weighted by molar-refractivity contribution is 6.32. The number of fused-ring (bicyclic) bond motifs is 1. The van der Waals surface area contributed by atoms with Gasteiger partial charge >= 0.3 is 0 Å². The summed E-state index contributed by atoms with van der Waals surface area (Å²) < 4.78 is 5.51. The van der Waals surface area contributed by atoms with Gasteiger partial charge in [-0.15, -0.1) is 0 Å². The van der Waals surface area contributed by atoms with Crippen LogP contribution in [-0.2, 0) is 6.42 Å². The molecular formula is C16H13BO. The molecule has 0 saturated heterocycles. The third-order valence-electron chi connectivity index (χ3n) is 3.27. The lowest BCUT2D eigenvalue weighted by Crippen LogP contribution is -2.02. The molecule has 2 radical (unpaired) electrons. The molecule has 3 rings (SSSR count). The molecule has 0 spiro atoms. The molecule has 18 heavy (non-hydrogen) atoms. The number of rotatable bonds is 2. The Balaban J connectivity index is 1.98. The van der Waals surface area contributed by atoms with Gasteiger partial charge < -0.3 is 4.74 Å². The molecule has 2 aromatic rings. The maximum atomic E-state index is 5.80. The third kappa shape index (κ3) is 1.95. The van der Waals surface area contributed by atoms with E-state index >= 15 is 0 Å². The molecule has 0 aliphatic carbocycles. The SMILES string of the molecule is [B]c1cccc(C(=C)c2ccc3c(c2)CCO3)c1. The number of hydrogen-bond donors (Lipinski definition) is 0. The van der Waals surface area contributed by atoms with Crippen LogP contribution < -0.4 is 10.2 Å². The van der Waals surface area contributed by atoms with Gasteiger partial charge in [-0.25, -0.2) is 0 Å². The normalized spacial score (nSPS) is 12.9. The highest BCUT2D eigenvalue weighted by Crippen LogP contribution is 2.30. The predicted octanol–water partition coefficient (Wildman–Crippen LogP) is 2.48. The minimum Gasteiger partial charge on any atom is -0.493 e. The molecule has 0 bridgehead atoms. The van der Waals surface area contributed by atoms with Crippen LogP contribution in [0.5, 0.6) is 5.75 Å². The standard InChI is InChI=1S/C16H13BO/c1-11(12-3-2-4-15(17)10-12)13-5-6-16-14(9-13)7-8-18-16/h2-6,9-10H,1,7-8H2. The van der Waals surface area contributed by atoms with Crippen molar-refractivity contribution < 1.29 is 4.74 Å². The maximum absolute atomic E-state index is 5.80. The van der Waals surface area contributed by atoms with E-state index in [1.807, 2.05) is 30.3 Å². The molecule has 0 fully saturated rings. The molecule has 1 nitrogen and oxygen atoms in total. The zero-order valence-electron chi connectivity index (χ0n) is 10.1. The lowest BCUT2D eigenvalue weighted by atomic mass is 9.90. The van der Waals surface area contributed by atoms with E-state index in [-0.39, 0.29) is 0 Å². The molecule has 1 aliphatic heterocycles. The minimum atomic E-state index is 0.762. The maximum Gasteiger partial charge on any atom is 0.122 e. The van der Waals surface area contributed by atoms with Crippen molar-refractivity contribution in [3.8, 4) is 5.75 Å². The van der Waals surface area contributed by atoms with Crippen LogP contribution in [0.25, 0.3) is 5.57 Å². The van der Waals surface area contributed by atoms with Gasteiger partial charge in [0.15, 0.2) is 0 Å². The molecule has 0 unspecified atom stereocenters. The average Bonchev–Trinajstić information content (AvgIpc) is 2.85. The Morgan fingerprint density at radius 1 is 1.11 bits per heavy atom. The second kappa shape index (κ2) is 4.38. The summed E-state index contributed by atoms with van der Waals surface area (Å²) in [5, 5.41) is 0. The van der Waals surface area contributed by atoms with Crippen molar-refractivity contribution in [1.29, 1.82) is 0 Å². The van der Waals surface area contributed by atoms with Gasteiger partial charge in [-0.1, -0.05) is 42.4 Å². The molecule has 0 atom stereocenters. The van der Waals surface area contributed by atoms with Crippen LogP contribution in [0.3, 0.4) is 0 Å². The highest BCUT2D eigenvalue weighted by atomic mass is 16.5. The highest BCUT2D eigenvalue weighted by Gasteiger charge is 2.13. The fourth-order valence-electron chi connectivity index (χ4n) is 2.27. The minimum absolute atomic E-state index is 0.762. The summed E-state index contributed by atoms with van der Waals surface area (Å²) in [4.78, 5) is 0. The van der Waals surface area contributed by atoms with Crippen molar-refractivity contribution in [2.45, 2.75) is 6.42 Å². The van der Waals surface area contributed by atoms with Gasteiger partial charge in [-0.3, -0.25) is 0 Å². The van der Waals surface area contributed by atoms with E-state index in [0.29, 0.717) is 0 Å². The van der Waals surface area contributed by atoms with Gasteiger partial charge in [0.25, 0.3) is 0 Å². The van der Waals surface area contributed by atoms with E-state index in [1.165, 1.54) is 5.56 Å². The van der Waals surface area contributed by atoms with Gasteiger partial charge in [-0.2, -0.15) is 0 Å². The van der Waals surface area contributed by atoms with Crippen LogP contribution in [0, 0.1) is 0 Å². The van der Waals surface area contributed by atoms with Crippen molar-refractivity contribution in [2.24, 2.45) is 0 Å². The summed E-state index contributed by atoms with van der Waals surface area (Å²) in [7, 11) is 5.80. The average molecular weight is 232 g/mol. The molecule has 1 heterocycles.